The Labute approximate surface area is 112 Å². The van der Waals surface area contributed by atoms with Gasteiger partial charge in [0.25, 0.3) is 11.9 Å². The van der Waals surface area contributed by atoms with Crippen LogP contribution in [0.2, 0.25) is 5.02 Å². The van der Waals surface area contributed by atoms with Crippen molar-refractivity contribution in [1.29, 1.82) is 0 Å². The second-order valence-corrected chi connectivity index (χ2v) is 4.16. The molecule has 0 atom stereocenters. The molecule has 0 amide bonds. The highest BCUT2D eigenvalue weighted by Crippen LogP contribution is 2.10. The van der Waals surface area contributed by atoms with Crippen molar-refractivity contribution in [2.75, 3.05) is 0 Å². The summed E-state index contributed by atoms with van der Waals surface area (Å²) >= 11 is 7.85. The van der Waals surface area contributed by atoms with Crippen molar-refractivity contribution in [3.05, 3.63) is 32.9 Å². The number of carboxylic acid groups (broad SMARTS) is 2. The lowest BCUT2D eigenvalue weighted by molar-refractivity contribution is -0.135. The van der Waals surface area contributed by atoms with E-state index in [1.165, 1.54) is 3.57 Å². The lowest BCUT2D eigenvalue weighted by Crippen LogP contribution is -1.78. The molecule has 0 aromatic heterocycles. The molecule has 0 aliphatic heterocycles. The molecule has 0 heterocycles. The monoisotopic (exact) mass is 358 g/mol. The topological polar surface area (TPSA) is 74.6 Å². The van der Waals surface area contributed by atoms with Gasteiger partial charge in [-0.05, 0) is 46.9 Å². The van der Waals surface area contributed by atoms with Gasteiger partial charge in [-0.15, -0.1) is 0 Å². The zero-order valence-electron chi connectivity index (χ0n) is 8.78. The molecule has 0 saturated carbocycles. The maximum atomic E-state index is 9.00. The van der Waals surface area contributed by atoms with Gasteiger partial charge in [0.05, 0.1) is 0 Å². The molecule has 0 spiro atoms. The second kappa shape index (κ2) is 10.7. The fraction of sp³-hybridized carbons (Fsp3) is 0.200. The molecule has 6 heteroatoms. The Bertz CT molecular complexity index is 283. The van der Waals surface area contributed by atoms with Crippen LogP contribution in [0.25, 0.3) is 0 Å². The first kappa shape index (κ1) is 17.6. The quantitative estimate of drug-likeness (QED) is 0.699. The number of benzene rings is 1. The molecule has 4 nitrogen and oxygen atoms in total. The van der Waals surface area contributed by atoms with Crippen LogP contribution in [0, 0.1) is 3.57 Å². The minimum atomic E-state index is -0.833. The molecule has 1 aromatic carbocycles. The third kappa shape index (κ3) is 23.2. The molecule has 0 fully saturated rings. The Morgan fingerprint density at radius 3 is 1.50 bits per heavy atom. The van der Waals surface area contributed by atoms with Gasteiger partial charge in [-0.2, -0.15) is 0 Å². The van der Waals surface area contributed by atoms with Gasteiger partial charge < -0.3 is 10.2 Å². The van der Waals surface area contributed by atoms with Gasteiger partial charge in [0, 0.05) is 22.4 Å². The summed E-state index contributed by atoms with van der Waals surface area (Å²) in [4.78, 5) is 18.0. The number of hydrogen-bond donors (Lipinski definition) is 2. The molecule has 0 aliphatic carbocycles. The first-order valence-electron chi connectivity index (χ1n) is 4.05. The summed E-state index contributed by atoms with van der Waals surface area (Å²) in [5, 5.41) is 15.6. The molecule has 1 rings (SSSR count). The molecule has 0 saturated heterocycles. The molecule has 1 aromatic rings. The zero-order valence-corrected chi connectivity index (χ0v) is 11.7. The molecule has 90 valence electrons. The Morgan fingerprint density at radius 2 is 1.31 bits per heavy atom. The van der Waals surface area contributed by atoms with Crippen molar-refractivity contribution in [3.8, 4) is 0 Å². The van der Waals surface area contributed by atoms with E-state index in [9.17, 15) is 0 Å². The first-order valence-corrected chi connectivity index (χ1v) is 5.51. The average Bonchev–Trinajstić information content (AvgIpc) is 2.08. The summed E-state index contributed by atoms with van der Waals surface area (Å²) in [7, 11) is 0. The van der Waals surface area contributed by atoms with Gasteiger partial charge in [-0.25, -0.2) is 0 Å². The summed E-state index contributed by atoms with van der Waals surface area (Å²) in [5.41, 5.74) is 0. The van der Waals surface area contributed by atoms with Crippen molar-refractivity contribution < 1.29 is 19.8 Å². The highest BCUT2D eigenvalue weighted by Gasteiger charge is 1.83. The highest BCUT2D eigenvalue weighted by atomic mass is 127. The number of carboxylic acids is 2. The van der Waals surface area contributed by atoms with Crippen LogP contribution in [0.3, 0.4) is 0 Å². The lowest BCUT2D eigenvalue weighted by atomic mass is 10.4. The van der Waals surface area contributed by atoms with Crippen LogP contribution in [0.5, 0.6) is 0 Å². The maximum absolute atomic E-state index is 9.00. The summed E-state index contributed by atoms with van der Waals surface area (Å²) in [6.07, 6.45) is 0. The molecule has 16 heavy (non-hydrogen) atoms. The van der Waals surface area contributed by atoms with Gasteiger partial charge in [0.1, 0.15) is 0 Å². The van der Waals surface area contributed by atoms with Crippen LogP contribution in [0.4, 0.5) is 0 Å². The molecule has 0 aliphatic rings. The highest BCUT2D eigenvalue weighted by molar-refractivity contribution is 14.1. The van der Waals surface area contributed by atoms with E-state index in [4.69, 9.17) is 31.4 Å². The smallest absolute Gasteiger partial charge is 0.300 e. The number of aliphatic carboxylic acids is 2. The second-order valence-electron chi connectivity index (χ2n) is 2.47. The van der Waals surface area contributed by atoms with Crippen LogP contribution >= 0.6 is 34.2 Å². The summed E-state index contributed by atoms with van der Waals surface area (Å²) in [6.45, 7) is 2.17. The number of rotatable bonds is 0. The van der Waals surface area contributed by atoms with Gasteiger partial charge in [0.2, 0.25) is 0 Å². The van der Waals surface area contributed by atoms with Crippen LogP contribution in [-0.2, 0) is 9.59 Å². The Kier molecular flexibility index (Phi) is 11.7. The Balaban J connectivity index is 0. The van der Waals surface area contributed by atoms with E-state index in [0.29, 0.717) is 0 Å². The van der Waals surface area contributed by atoms with Crippen LogP contribution < -0.4 is 0 Å². The van der Waals surface area contributed by atoms with E-state index in [1.54, 1.807) is 0 Å². The third-order valence-corrected chi connectivity index (χ3v) is 1.77. The number of carbonyl (C=O) groups is 2. The lowest BCUT2D eigenvalue weighted by Gasteiger charge is -1.86. The average molecular weight is 359 g/mol. The van der Waals surface area contributed by atoms with Crippen molar-refractivity contribution in [3.63, 3.8) is 0 Å². The first-order chi connectivity index (χ1) is 7.25. The van der Waals surface area contributed by atoms with Crippen molar-refractivity contribution in [2.45, 2.75) is 13.8 Å². The minimum absolute atomic E-state index is 0.797. The largest absolute Gasteiger partial charge is 0.481 e. The van der Waals surface area contributed by atoms with Crippen LogP contribution in [0.15, 0.2) is 24.3 Å². The normalized spacial score (nSPS) is 7.75. The van der Waals surface area contributed by atoms with E-state index >= 15 is 0 Å². The van der Waals surface area contributed by atoms with Crippen molar-refractivity contribution >= 4 is 46.1 Å². The molecule has 0 unspecified atom stereocenters. The summed E-state index contributed by atoms with van der Waals surface area (Å²) in [6, 6.07) is 7.71. The van der Waals surface area contributed by atoms with E-state index in [-0.39, 0.29) is 0 Å². The Morgan fingerprint density at radius 1 is 1.06 bits per heavy atom. The van der Waals surface area contributed by atoms with E-state index < -0.39 is 11.9 Å². The van der Waals surface area contributed by atoms with Crippen LogP contribution in [0.1, 0.15) is 13.8 Å². The molecule has 2 N–H and O–H groups in total. The van der Waals surface area contributed by atoms with Gasteiger partial charge in [0.15, 0.2) is 0 Å². The third-order valence-electron chi connectivity index (χ3n) is 0.804. The number of halogens is 2. The predicted octanol–water partition coefficient (Wildman–Crippen LogP) is 3.13. The molecular weight excluding hydrogens is 346 g/mol. The van der Waals surface area contributed by atoms with Crippen LogP contribution in [-0.4, -0.2) is 22.2 Å². The minimum Gasteiger partial charge on any atom is -0.481 e. The zero-order chi connectivity index (χ0) is 13.1. The number of hydrogen-bond acceptors (Lipinski definition) is 2. The Hall–Kier alpha value is -0.820. The molecule has 0 bridgehead atoms. The molecular formula is C10H12ClIO4. The van der Waals surface area contributed by atoms with E-state index in [0.717, 1.165) is 18.9 Å². The maximum Gasteiger partial charge on any atom is 0.300 e. The summed E-state index contributed by atoms with van der Waals surface area (Å²) < 4.78 is 1.21. The van der Waals surface area contributed by atoms with Gasteiger partial charge in [-0.1, -0.05) is 11.6 Å². The SMILES string of the molecule is CC(=O)O.CC(=O)O.Clc1ccc(I)cc1. The standard InChI is InChI=1S/C6H4ClI.2C2H4O2/c7-5-1-3-6(8)4-2-5;2*1-2(3)4/h1-4H;2*1H3,(H,3,4). The van der Waals surface area contributed by atoms with Gasteiger partial charge in [-0.3, -0.25) is 9.59 Å². The van der Waals surface area contributed by atoms with Gasteiger partial charge >= 0.3 is 0 Å². The molecule has 0 radical (unpaired) electrons. The fourth-order valence-corrected chi connectivity index (χ4v) is 0.915. The van der Waals surface area contributed by atoms with E-state index in [2.05, 4.69) is 22.6 Å². The fourth-order valence-electron chi connectivity index (χ4n) is 0.430. The van der Waals surface area contributed by atoms with E-state index in [1.807, 2.05) is 24.3 Å². The summed E-state index contributed by atoms with van der Waals surface area (Å²) in [5.74, 6) is -1.67. The predicted molar refractivity (Wildman–Crippen MR) is 70.8 cm³/mol. The van der Waals surface area contributed by atoms with Crippen molar-refractivity contribution in [1.82, 2.24) is 0 Å². The van der Waals surface area contributed by atoms with Crippen molar-refractivity contribution in [2.24, 2.45) is 0 Å².